The van der Waals surface area contributed by atoms with Crippen molar-refractivity contribution in [3.05, 3.63) is 59.2 Å². The summed E-state index contributed by atoms with van der Waals surface area (Å²) in [6.07, 6.45) is 6.23. The third kappa shape index (κ3) is 6.96. The van der Waals surface area contributed by atoms with Gasteiger partial charge in [0, 0.05) is 31.3 Å². The third-order valence-electron chi connectivity index (χ3n) is 5.31. The van der Waals surface area contributed by atoms with Crippen LogP contribution in [0.4, 0.5) is 0 Å². The van der Waals surface area contributed by atoms with Gasteiger partial charge in [0.15, 0.2) is 0 Å². The van der Waals surface area contributed by atoms with E-state index in [1.807, 2.05) is 12.1 Å². The molecule has 164 valence electrons. The minimum atomic E-state index is -0.196. The highest BCUT2D eigenvalue weighted by Gasteiger charge is 2.17. The summed E-state index contributed by atoms with van der Waals surface area (Å²) in [5, 5.41) is 12.5. The highest BCUT2D eigenvalue weighted by Crippen LogP contribution is 2.26. The van der Waals surface area contributed by atoms with Crippen molar-refractivity contribution in [3.63, 3.8) is 0 Å². The minimum absolute atomic E-state index is 0.123. The normalized spacial score (nSPS) is 10.4. The van der Waals surface area contributed by atoms with Crippen LogP contribution in [0.2, 0.25) is 0 Å². The number of nitrogens with zero attached hydrogens (tertiary/aromatic N) is 2. The molecular weight excluding hydrogens is 386 g/mol. The van der Waals surface area contributed by atoms with E-state index in [9.17, 15) is 14.9 Å². The zero-order valence-corrected chi connectivity index (χ0v) is 18.9. The fourth-order valence-corrected chi connectivity index (χ4v) is 3.44. The van der Waals surface area contributed by atoms with Crippen LogP contribution >= 0.6 is 0 Å². The molecule has 2 aromatic rings. The first-order chi connectivity index (χ1) is 15.0. The molecule has 5 nitrogen and oxygen atoms in total. The number of unbranched alkanes of at least 4 members (excludes halogenated alkanes) is 4. The second-order valence-electron chi connectivity index (χ2n) is 7.85. The first kappa shape index (κ1) is 24.1. The SMILES string of the molecule is CCCCCCNC(=O)c1cc(C(=O)N(C)CCCC)cc(-c2ccccc2C#N)c1. The lowest BCUT2D eigenvalue weighted by Crippen LogP contribution is -2.29. The molecule has 0 aliphatic heterocycles. The summed E-state index contributed by atoms with van der Waals surface area (Å²) >= 11 is 0. The Labute approximate surface area is 186 Å². The van der Waals surface area contributed by atoms with Crippen LogP contribution in [0.1, 0.15) is 78.7 Å². The molecule has 0 saturated heterocycles. The molecule has 0 radical (unpaired) electrons. The molecule has 2 amide bonds. The molecule has 0 unspecified atom stereocenters. The molecule has 5 heteroatoms. The van der Waals surface area contributed by atoms with Crippen LogP contribution in [-0.4, -0.2) is 36.9 Å². The first-order valence-corrected chi connectivity index (χ1v) is 11.2. The van der Waals surface area contributed by atoms with Crippen molar-refractivity contribution >= 4 is 11.8 Å². The third-order valence-corrected chi connectivity index (χ3v) is 5.31. The Hall–Kier alpha value is -3.13. The molecule has 0 bridgehead atoms. The Morgan fingerprint density at radius 3 is 2.39 bits per heavy atom. The number of rotatable bonds is 11. The number of hydrogen-bond donors (Lipinski definition) is 1. The van der Waals surface area contributed by atoms with Gasteiger partial charge < -0.3 is 10.2 Å². The highest BCUT2D eigenvalue weighted by atomic mass is 16.2. The first-order valence-electron chi connectivity index (χ1n) is 11.2. The molecule has 0 fully saturated rings. The van der Waals surface area contributed by atoms with Crippen LogP contribution in [0.3, 0.4) is 0 Å². The molecule has 0 aliphatic rings. The van der Waals surface area contributed by atoms with Crippen molar-refractivity contribution < 1.29 is 9.59 Å². The van der Waals surface area contributed by atoms with E-state index in [1.54, 1.807) is 42.3 Å². The zero-order valence-electron chi connectivity index (χ0n) is 18.9. The smallest absolute Gasteiger partial charge is 0.253 e. The van der Waals surface area contributed by atoms with Gasteiger partial charge in [-0.05, 0) is 48.2 Å². The fraction of sp³-hybridized carbons (Fsp3) is 0.423. The summed E-state index contributed by atoms with van der Waals surface area (Å²) < 4.78 is 0. The van der Waals surface area contributed by atoms with Gasteiger partial charge in [0.25, 0.3) is 11.8 Å². The van der Waals surface area contributed by atoms with E-state index < -0.39 is 0 Å². The number of carbonyl (C=O) groups is 2. The van der Waals surface area contributed by atoms with E-state index in [4.69, 9.17) is 0 Å². The van der Waals surface area contributed by atoms with Gasteiger partial charge >= 0.3 is 0 Å². The van der Waals surface area contributed by atoms with E-state index >= 15 is 0 Å². The number of nitriles is 1. The summed E-state index contributed by atoms with van der Waals surface area (Å²) in [5.41, 5.74) is 2.82. The van der Waals surface area contributed by atoms with Crippen LogP contribution in [-0.2, 0) is 0 Å². The number of hydrogen-bond acceptors (Lipinski definition) is 3. The van der Waals surface area contributed by atoms with Gasteiger partial charge in [-0.25, -0.2) is 0 Å². The maximum Gasteiger partial charge on any atom is 0.253 e. The second-order valence-corrected chi connectivity index (χ2v) is 7.85. The van der Waals surface area contributed by atoms with Gasteiger partial charge in [-0.15, -0.1) is 0 Å². The predicted octanol–water partition coefficient (Wildman–Crippen LogP) is 5.41. The van der Waals surface area contributed by atoms with Crippen molar-refractivity contribution in [1.82, 2.24) is 10.2 Å². The number of benzene rings is 2. The van der Waals surface area contributed by atoms with Gasteiger partial charge in [0.1, 0.15) is 0 Å². The average molecular weight is 420 g/mol. The number of amides is 2. The predicted molar refractivity (Wildman–Crippen MR) is 125 cm³/mol. The maximum atomic E-state index is 13.0. The molecule has 1 N–H and O–H groups in total. The molecule has 2 aromatic carbocycles. The van der Waals surface area contributed by atoms with E-state index in [0.717, 1.165) is 38.5 Å². The van der Waals surface area contributed by atoms with Crippen molar-refractivity contribution in [2.24, 2.45) is 0 Å². The van der Waals surface area contributed by atoms with Crippen molar-refractivity contribution in [1.29, 1.82) is 5.26 Å². The minimum Gasteiger partial charge on any atom is -0.352 e. The average Bonchev–Trinajstić information content (AvgIpc) is 2.81. The van der Waals surface area contributed by atoms with Crippen LogP contribution in [0, 0.1) is 11.3 Å². The lowest BCUT2D eigenvalue weighted by molar-refractivity contribution is 0.0793. The van der Waals surface area contributed by atoms with Crippen molar-refractivity contribution in [2.45, 2.75) is 52.4 Å². The molecule has 0 saturated carbocycles. The Bertz CT molecular complexity index is 930. The van der Waals surface area contributed by atoms with Crippen molar-refractivity contribution in [2.75, 3.05) is 20.1 Å². The van der Waals surface area contributed by atoms with Crippen LogP contribution < -0.4 is 5.32 Å². The van der Waals surface area contributed by atoms with E-state index in [2.05, 4.69) is 25.2 Å². The molecule has 0 heterocycles. The Kier molecular flexibility index (Phi) is 9.77. The van der Waals surface area contributed by atoms with Gasteiger partial charge in [-0.3, -0.25) is 9.59 Å². The summed E-state index contributed by atoms with van der Waals surface area (Å²) in [5.74, 6) is -0.320. The summed E-state index contributed by atoms with van der Waals surface area (Å²) in [6, 6.07) is 14.6. The van der Waals surface area contributed by atoms with Gasteiger partial charge in [-0.2, -0.15) is 5.26 Å². The molecule has 0 aromatic heterocycles. The van der Waals surface area contributed by atoms with Gasteiger partial charge in [0.2, 0.25) is 0 Å². The Morgan fingerprint density at radius 2 is 1.68 bits per heavy atom. The number of carbonyl (C=O) groups excluding carboxylic acids is 2. The van der Waals surface area contributed by atoms with E-state index in [-0.39, 0.29) is 11.8 Å². The monoisotopic (exact) mass is 419 g/mol. The molecule has 31 heavy (non-hydrogen) atoms. The zero-order chi connectivity index (χ0) is 22.6. The quantitative estimate of drug-likeness (QED) is 0.495. The standard InChI is InChI=1S/C26H33N3O2/c1-4-6-8-11-14-28-25(30)22-16-21(24-13-10-9-12-20(24)19-27)17-23(18-22)26(31)29(3)15-7-5-2/h9-10,12-13,16-18H,4-8,11,14-15H2,1-3H3,(H,28,30). The van der Waals surface area contributed by atoms with Gasteiger partial charge in [0.05, 0.1) is 11.6 Å². The van der Waals surface area contributed by atoms with Crippen LogP contribution in [0.15, 0.2) is 42.5 Å². The molecule has 2 rings (SSSR count). The van der Waals surface area contributed by atoms with Crippen molar-refractivity contribution in [3.8, 4) is 17.2 Å². The summed E-state index contributed by atoms with van der Waals surface area (Å²) in [6.45, 7) is 5.50. The fourth-order valence-electron chi connectivity index (χ4n) is 3.44. The molecular formula is C26H33N3O2. The van der Waals surface area contributed by atoms with Gasteiger partial charge in [-0.1, -0.05) is 57.7 Å². The van der Waals surface area contributed by atoms with E-state index in [1.165, 1.54) is 0 Å². The van der Waals surface area contributed by atoms with Crippen LogP contribution in [0.5, 0.6) is 0 Å². The summed E-state index contributed by atoms with van der Waals surface area (Å²) in [7, 11) is 1.78. The number of nitrogens with one attached hydrogen (secondary N) is 1. The largest absolute Gasteiger partial charge is 0.352 e. The lowest BCUT2D eigenvalue weighted by atomic mass is 9.95. The molecule has 0 spiro atoms. The second kappa shape index (κ2) is 12.5. The van der Waals surface area contributed by atoms with E-state index in [0.29, 0.717) is 40.9 Å². The Morgan fingerprint density at radius 1 is 0.968 bits per heavy atom. The maximum absolute atomic E-state index is 13.0. The molecule has 0 aliphatic carbocycles. The van der Waals surface area contributed by atoms with Crippen LogP contribution in [0.25, 0.3) is 11.1 Å². The summed E-state index contributed by atoms with van der Waals surface area (Å²) in [4.78, 5) is 27.5. The topological polar surface area (TPSA) is 73.2 Å². The highest BCUT2D eigenvalue weighted by molar-refractivity contribution is 6.01. The molecule has 0 atom stereocenters. The lowest BCUT2D eigenvalue weighted by Gasteiger charge is -2.18. The Balaban J connectivity index is 2.37.